The number of aliphatic carboxylic acids is 2. The number of rotatable bonds is 11. The van der Waals surface area contributed by atoms with Gasteiger partial charge in [-0.2, -0.15) is 0 Å². The lowest BCUT2D eigenvalue weighted by atomic mass is 9.99. The molecular formula is C22H24ClNO5. The summed E-state index contributed by atoms with van der Waals surface area (Å²) in [5.74, 6) is -2.15. The van der Waals surface area contributed by atoms with Crippen molar-refractivity contribution >= 4 is 29.4 Å². The maximum atomic E-state index is 12.1. The number of hydrogen-bond acceptors (Lipinski definition) is 3. The first kappa shape index (κ1) is 22.4. The third kappa shape index (κ3) is 8.35. The number of unbranched alkanes of at least 4 members (excludes halogenated alkanes) is 1. The van der Waals surface area contributed by atoms with Crippen LogP contribution < -0.4 is 5.32 Å². The van der Waals surface area contributed by atoms with Crippen molar-refractivity contribution in [2.45, 2.75) is 44.6 Å². The van der Waals surface area contributed by atoms with Gasteiger partial charge in [0.15, 0.2) is 0 Å². The number of nitrogens with one attached hydrogen (secondary N) is 1. The Kier molecular flexibility index (Phi) is 8.68. The van der Waals surface area contributed by atoms with Gasteiger partial charge in [0.1, 0.15) is 0 Å². The van der Waals surface area contributed by atoms with Crippen LogP contribution >= 0.6 is 11.6 Å². The van der Waals surface area contributed by atoms with Crippen LogP contribution in [0.2, 0.25) is 5.02 Å². The molecule has 1 atom stereocenters. The molecule has 29 heavy (non-hydrogen) atoms. The molecule has 0 bridgehead atoms. The molecule has 0 aliphatic rings. The van der Waals surface area contributed by atoms with E-state index in [-0.39, 0.29) is 25.2 Å². The van der Waals surface area contributed by atoms with E-state index in [1.54, 1.807) is 6.07 Å². The molecule has 2 aromatic carbocycles. The summed E-state index contributed by atoms with van der Waals surface area (Å²) in [6, 6.07) is 14.7. The third-order valence-corrected chi connectivity index (χ3v) is 4.66. The second-order valence-electron chi connectivity index (χ2n) is 6.87. The highest BCUT2D eigenvalue weighted by Crippen LogP contribution is 2.23. The van der Waals surface area contributed by atoms with Crippen molar-refractivity contribution in [1.82, 2.24) is 5.32 Å². The van der Waals surface area contributed by atoms with Crippen LogP contribution in [-0.2, 0) is 20.8 Å². The summed E-state index contributed by atoms with van der Waals surface area (Å²) in [5, 5.41) is 21.2. The summed E-state index contributed by atoms with van der Waals surface area (Å²) in [7, 11) is 0. The van der Waals surface area contributed by atoms with Gasteiger partial charge in [0, 0.05) is 23.9 Å². The van der Waals surface area contributed by atoms with Gasteiger partial charge in [-0.25, -0.2) is 0 Å². The van der Waals surface area contributed by atoms with Gasteiger partial charge in [-0.05, 0) is 48.1 Å². The zero-order valence-corrected chi connectivity index (χ0v) is 16.7. The second kappa shape index (κ2) is 11.2. The minimum atomic E-state index is -0.989. The molecule has 0 aromatic heterocycles. The van der Waals surface area contributed by atoms with E-state index in [2.05, 4.69) is 5.32 Å². The Morgan fingerprint density at radius 2 is 1.59 bits per heavy atom. The van der Waals surface area contributed by atoms with E-state index in [9.17, 15) is 14.4 Å². The molecule has 154 valence electrons. The lowest BCUT2D eigenvalue weighted by molar-refractivity contribution is -0.138. The number of carboxylic acid groups (broad SMARTS) is 2. The second-order valence-corrected chi connectivity index (χ2v) is 7.31. The third-order valence-electron chi connectivity index (χ3n) is 4.42. The highest BCUT2D eigenvalue weighted by Gasteiger charge is 2.17. The topological polar surface area (TPSA) is 104 Å². The molecular weight excluding hydrogens is 394 g/mol. The minimum absolute atomic E-state index is 0.0187. The van der Waals surface area contributed by atoms with Crippen LogP contribution in [0.4, 0.5) is 0 Å². The Balaban J connectivity index is 1.95. The fourth-order valence-corrected chi connectivity index (χ4v) is 3.22. The van der Waals surface area contributed by atoms with Crippen molar-refractivity contribution < 1.29 is 24.6 Å². The predicted molar refractivity (Wildman–Crippen MR) is 111 cm³/mol. The van der Waals surface area contributed by atoms with Crippen LogP contribution in [0.1, 0.15) is 37.7 Å². The molecule has 1 unspecified atom stereocenters. The number of hydrogen-bond donors (Lipinski definition) is 3. The highest BCUT2D eigenvalue weighted by molar-refractivity contribution is 6.30. The molecule has 1 amide bonds. The number of carbonyl (C=O) groups is 3. The molecule has 0 radical (unpaired) electrons. The van der Waals surface area contributed by atoms with Gasteiger partial charge in [0.05, 0.1) is 6.42 Å². The molecule has 0 heterocycles. The molecule has 0 aliphatic heterocycles. The summed E-state index contributed by atoms with van der Waals surface area (Å²) in [4.78, 5) is 33.7. The summed E-state index contributed by atoms with van der Waals surface area (Å²) < 4.78 is 0. The van der Waals surface area contributed by atoms with Crippen LogP contribution in [0, 0.1) is 0 Å². The van der Waals surface area contributed by atoms with E-state index in [1.165, 1.54) is 0 Å². The molecule has 0 spiro atoms. The van der Waals surface area contributed by atoms with Crippen molar-refractivity contribution in [3.8, 4) is 11.1 Å². The normalized spacial score (nSPS) is 11.6. The smallest absolute Gasteiger partial charge is 0.305 e. The van der Waals surface area contributed by atoms with Crippen molar-refractivity contribution in [3.63, 3.8) is 0 Å². The molecule has 0 saturated heterocycles. The first-order valence-corrected chi connectivity index (χ1v) is 9.79. The number of halogens is 1. The zero-order valence-electron chi connectivity index (χ0n) is 15.9. The molecule has 0 saturated carbocycles. The molecule has 6 nitrogen and oxygen atoms in total. The summed E-state index contributed by atoms with van der Waals surface area (Å²) in [6.07, 6.45) is 1.27. The van der Waals surface area contributed by atoms with Crippen LogP contribution in [0.5, 0.6) is 0 Å². The van der Waals surface area contributed by atoms with Gasteiger partial charge in [-0.1, -0.05) is 48.0 Å². The zero-order chi connectivity index (χ0) is 21.2. The maximum Gasteiger partial charge on any atom is 0.305 e. The fraction of sp³-hybridized carbons (Fsp3) is 0.318. The Hall–Kier alpha value is -2.86. The first-order valence-electron chi connectivity index (χ1n) is 9.41. The van der Waals surface area contributed by atoms with Crippen LogP contribution in [0.3, 0.4) is 0 Å². The van der Waals surface area contributed by atoms with E-state index in [0.29, 0.717) is 24.3 Å². The first-order chi connectivity index (χ1) is 13.8. The Bertz CT molecular complexity index is 851. The Labute approximate surface area is 174 Å². The van der Waals surface area contributed by atoms with Gasteiger partial charge < -0.3 is 15.5 Å². The van der Waals surface area contributed by atoms with Crippen LogP contribution in [0.25, 0.3) is 11.1 Å². The van der Waals surface area contributed by atoms with Crippen molar-refractivity contribution in [1.29, 1.82) is 0 Å². The van der Waals surface area contributed by atoms with Gasteiger partial charge in [0.2, 0.25) is 5.91 Å². The molecule has 2 rings (SSSR count). The van der Waals surface area contributed by atoms with Crippen molar-refractivity contribution in [2.75, 3.05) is 0 Å². The average Bonchev–Trinajstić information content (AvgIpc) is 2.65. The van der Waals surface area contributed by atoms with Crippen LogP contribution in [-0.4, -0.2) is 34.1 Å². The molecule has 0 aliphatic carbocycles. The standard InChI is InChI=1S/C22H24ClNO5/c23-18-5-3-4-17(13-18)16-10-8-15(9-11-16)12-19(14-22(28)29)24-20(25)6-1-2-7-21(26)27/h3-5,8-11,13,19H,1-2,6-7,12,14H2,(H,24,25)(H,26,27)(H,28,29). The monoisotopic (exact) mass is 417 g/mol. The van der Waals surface area contributed by atoms with Gasteiger partial charge >= 0.3 is 11.9 Å². The number of benzene rings is 2. The molecule has 2 aromatic rings. The number of amides is 1. The number of carbonyl (C=O) groups excluding carboxylic acids is 1. The Morgan fingerprint density at radius 3 is 2.21 bits per heavy atom. The lowest BCUT2D eigenvalue weighted by Gasteiger charge is -2.17. The lowest BCUT2D eigenvalue weighted by Crippen LogP contribution is -2.38. The quantitative estimate of drug-likeness (QED) is 0.476. The van der Waals surface area contributed by atoms with Crippen molar-refractivity contribution in [3.05, 3.63) is 59.1 Å². The largest absolute Gasteiger partial charge is 0.481 e. The van der Waals surface area contributed by atoms with Crippen molar-refractivity contribution in [2.24, 2.45) is 0 Å². The SMILES string of the molecule is O=C(O)CCCCC(=O)NC(CC(=O)O)Cc1ccc(-c2cccc(Cl)c2)cc1. The molecule has 3 N–H and O–H groups in total. The van der Waals surface area contributed by atoms with Gasteiger partial charge in [0.25, 0.3) is 0 Å². The van der Waals surface area contributed by atoms with Crippen LogP contribution in [0.15, 0.2) is 48.5 Å². The maximum absolute atomic E-state index is 12.1. The summed E-state index contributed by atoms with van der Waals surface area (Å²) in [6.45, 7) is 0. The van der Waals surface area contributed by atoms with Gasteiger partial charge in [-0.15, -0.1) is 0 Å². The summed E-state index contributed by atoms with van der Waals surface area (Å²) >= 11 is 6.03. The van der Waals surface area contributed by atoms with E-state index >= 15 is 0 Å². The number of carboxylic acids is 2. The van der Waals surface area contributed by atoms with Gasteiger partial charge in [-0.3, -0.25) is 14.4 Å². The summed E-state index contributed by atoms with van der Waals surface area (Å²) in [5.41, 5.74) is 2.89. The predicted octanol–water partition coefficient (Wildman–Crippen LogP) is 4.15. The van der Waals surface area contributed by atoms with E-state index < -0.39 is 18.0 Å². The molecule has 0 fully saturated rings. The van der Waals surface area contributed by atoms with E-state index in [4.69, 9.17) is 21.8 Å². The fourth-order valence-electron chi connectivity index (χ4n) is 3.03. The average molecular weight is 418 g/mol. The molecule has 7 heteroatoms. The van der Waals surface area contributed by atoms with E-state index in [1.807, 2.05) is 42.5 Å². The van der Waals surface area contributed by atoms with E-state index in [0.717, 1.165) is 16.7 Å². The Morgan fingerprint density at radius 1 is 0.897 bits per heavy atom. The minimum Gasteiger partial charge on any atom is -0.481 e. The highest BCUT2D eigenvalue weighted by atomic mass is 35.5.